The molecule has 0 bridgehead atoms. The number of ether oxygens (including phenoxy) is 1. The number of allylic oxidation sites excluding steroid dienone is 2. The lowest BCUT2D eigenvalue weighted by Gasteiger charge is -2.26. The van der Waals surface area contributed by atoms with Crippen LogP contribution in [0.15, 0.2) is 11.6 Å². The molecule has 14 heavy (non-hydrogen) atoms. The summed E-state index contributed by atoms with van der Waals surface area (Å²) in [5, 5.41) is 0.666. The molecule has 0 saturated carbocycles. The van der Waals surface area contributed by atoms with Gasteiger partial charge in [-0.3, -0.25) is 0 Å². The monoisotopic (exact) mass is 212 g/mol. The largest absolute Gasteiger partial charge is 0.487 e. The molecule has 2 atom stereocenters. The Morgan fingerprint density at radius 2 is 2.43 bits per heavy atom. The minimum atomic E-state index is 0.622. The van der Waals surface area contributed by atoms with Gasteiger partial charge in [0.25, 0.3) is 0 Å². The van der Waals surface area contributed by atoms with Crippen LogP contribution in [0.25, 0.3) is 0 Å². The van der Waals surface area contributed by atoms with Crippen molar-refractivity contribution < 1.29 is 4.74 Å². The molecule has 0 spiro atoms. The quantitative estimate of drug-likeness (QED) is 0.521. The zero-order valence-corrected chi connectivity index (χ0v) is 10.2. The summed E-state index contributed by atoms with van der Waals surface area (Å²) in [5.41, 5.74) is 1.54. The normalized spacial score (nSPS) is 23.9. The molecule has 0 saturated heterocycles. The van der Waals surface area contributed by atoms with Gasteiger partial charge in [-0.2, -0.15) is 0 Å². The van der Waals surface area contributed by atoms with Crippen molar-refractivity contribution in [3.63, 3.8) is 0 Å². The Morgan fingerprint density at radius 1 is 1.71 bits per heavy atom. The van der Waals surface area contributed by atoms with Crippen LogP contribution >= 0.6 is 12.2 Å². The van der Waals surface area contributed by atoms with Crippen LogP contribution < -0.4 is 0 Å². The second-order valence-corrected chi connectivity index (χ2v) is 4.94. The van der Waals surface area contributed by atoms with Gasteiger partial charge in [-0.05, 0) is 50.2 Å². The maximum atomic E-state index is 5.39. The van der Waals surface area contributed by atoms with Crippen LogP contribution in [0.1, 0.15) is 40.0 Å². The first-order chi connectivity index (χ1) is 6.59. The molecule has 0 aliphatic heterocycles. The Labute approximate surface area is 92.5 Å². The van der Waals surface area contributed by atoms with Crippen LogP contribution in [0.3, 0.4) is 0 Å². The summed E-state index contributed by atoms with van der Waals surface area (Å²) in [7, 11) is 0. The average Bonchev–Trinajstić information content (AvgIpc) is 2.15. The van der Waals surface area contributed by atoms with Gasteiger partial charge in [-0.15, -0.1) is 0 Å². The van der Waals surface area contributed by atoms with Crippen molar-refractivity contribution in [2.24, 2.45) is 11.8 Å². The van der Waals surface area contributed by atoms with Gasteiger partial charge in [-0.1, -0.05) is 18.6 Å². The fraction of sp³-hybridized carbons (Fsp3) is 0.750. The third-order valence-corrected chi connectivity index (χ3v) is 3.15. The Hall–Kier alpha value is -0.370. The molecule has 1 rings (SSSR count). The first-order valence-corrected chi connectivity index (χ1v) is 5.79. The van der Waals surface area contributed by atoms with Crippen molar-refractivity contribution in [3.05, 3.63) is 11.6 Å². The molecule has 0 N–H and O–H groups in total. The van der Waals surface area contributed by atoms with Gasteiger partial charge in [0.1, 0.15) is 0 Å². The molecule has 1 aliphatic rings. The van der Waals surface area contributed by atoms with Crippen LogP contribution in [0, 0.1) is 11.8 Å². The van der Waals surface area contributed by atoms with Crippen LogP contribution in [0.5, 0.6) is 0 Å². The summed E-state index contributed by atoms with van der Waals surface area (Å²) in [6.45, 7) is 7.11. The zero-order chi connectivity index (χ0) is 10.6. The molecule has 0 aromatic heterocycles. The summed E-state index contributed by atoms with van der Waals surface area (Å²) in [6, 6.07) is 0. The van der Waals surface area contributed by atoms with E-state index in [4.69, 9.17) is 17.0 Å². The predicted molar refractivity (Wildman–Crippen MR) is 64.5 cm³/mol. The molecule has 1 aliphatic carbocycles. The second-order valence-electron chi connectivity index (χ2n) is 4.36. The standard InChI is InChI=1S/C12H20OS/c1-9-4-6-12(7-5-9)10(2)8-13-11(3)14/h4,10,12H,5-8H2,1-3H3. The van der Waals surface area contributed by atoms with Crippen molar-refractivity contribution in [1.29, 1.82) is 0 Å². The first-order valence-electron chi connectivity index (χ1n) is 5.38. The van der Waals surface area contributed by atoms with E-state index in [9.17, 15) is 0 Å². The van der Waals surface area contributed by atoms with Crippen LogP contribution in [0.4, 0.5) is 0 Å². The molecule has 0 fully saturated rings. The maximum absolute atomic E-state index is 5.39. The van der Waals surface area contributed by atoms with E-state index in [1.54, 1.807) is 5.57 Å². The van der Waals surface area contributed by atoms with Crippen molar-refractivity contribution in [2.75, 3.05) is 6.61 Å². The SMILES string of the molecule is CC(=S)OCC(C)C1CC=C(C)CC1. The van der Waals surface area contributed by atoms with E-state index in [1.165, 1.54) is 19.3 Å². The number of rotatable bonds is 3. The third-order valence-electron chi connectivity index (χ3n) is 3.03. The Bertz CT molecular complexity index is 232. The predicted octanol–water partition coefficient (Wildman–Crippen LogP) is 3.73. The minimum Gasteiger partial charge on any atom is -0.487 e. The van der Waals surface area contributed by atoms with E-state index in [0.29, 0.717) is 11.0 Å². The maximum Gasteiger partial charge on any atom is 0.156 e. The van der Waals surface area contributed by atoms with Crippen molar-refractivity contribution in [2.45, 2.75) is 40.0 Å². The summed E-state index contributed by atoms with van der Waals surface area (Å²) in [4.78, 5) is 0. The van der Waals surface area contributed by atoms with Gasteiger partial charge in [0, 0.05) is 6.92 Å². The summed E-state index contributed by atoms with van der Waals surface area (Å²) < 4.78 is 5.39. The third kappa shape index (κ3) is 3.79. The van der Waals surface area contributed by atoms with E-state index in [1.807, 2.05) is 6.92 Å². The van der Waals surface area contributed by atoms with Gasteiger partial charge in [-0.25, -0.2) is 0 Å². The topological polar surface area (TPSA) is 9.23 Å². The van der Waals surface area contributed by atoms with E-state index in [0.717, 1.165) is 12.5 Å². The van der Waals surface area contributed by atoms with E-state index in [-0.39, 0.29) is 0 Å². The highest BCUT2D eigenvalue weighted by Crippen LogP contribution is 2.29. The fourth-order valence-electron chi connectivity index (χ4n) is 1.89. The summed E-state index contributed by atoms with van der Waals surface area (Å²) in [6.07, 6.45) is 6.15. The van der Waals surface area contributed by atoms with Gasteiger partial charge < -0.3 is 4.74 Å². The fourth-order valence-corrected chi connectivity index (χ4v) is 1.96. The van der Waals surface area contributed by atoms with E-state index in [2.05, 4.69) is 19.9 Å². The zero-order valence-electron chi connectivity index (χ0n) is 9.38. The van der Waals surface area contributed by atoms with Gasteiger partial charge in [0.05, 0.1) is 6.61 Å². The molecule has 80 valence electrons. The smallest absolute Gasteiger partial charge is 0.156 e. The van der Waals surface area contributed by atoms with Crippen molar-refractivity contribution >= 4 is 17.3 Å². The summed E-state index contributed by atoms with van der Waals surface area (Å²) in [5.74, 6) is 1.41. The van der Waals surface area contributed by atoms with E-state index < -0.39 is 0 Å². The number of hydrogen-bond donors (Lipinski definition) is 0. The Morgan fingerprint density at radius 3 is 2.93 bits per heavy atom. The summed E-state index contributed by atoms with van der Waals surface area (Å²) >= 11 is 4.90. The highest BCUT2D eigenvalue weighted by Gasteiger charge is 2.19. The lowest BCUT2D eigenvalue weighted by molar-refractivity contribution is 0.192. The molecule has 0 amide bonds. The molecule has 0 heterocycles. The lowest BCUT2D eigenvalue weighted by atomic mass is 9.82. The average molecular weight is 212 g/mol. The molecule has 1 nitrogen and oxygen atoms in total. The van der Waals surface area contributed by atoms with Gasteiger partial charge in [0.2, 0.25) is 0 Å². The molecule has 0 aromatic rings. The Kier molecular flexibility index (Phi) is 4.59. The molecular weight excluding hydrogens is 192 g/mol. The van der Waals surface area contributed by atoms with Crippen molar-refractivity contribution in [3.8, 4) is 0 Å². The van der Waals surface area contributed by atoms with Gasteiger partial charge in [0.15, 0.2) is 5.05 Å². The highest BCUT2D eigenvalue weighted by molar-refractivity contribution is 7.80. The number of hydrogen-bond acceptors (Lipinski definition) is 2. The molecule has 2 unspecified atom stereocenters. The van der Waals surface area contributed by atoms with Crippen molar-refractivity contribution in [1.82, 2.24) is 0 Å². The highest BCUT2D eigenvalue weighted by atomic mass is 32.1. The number of thiocarbonyl (C=S) groups is 1. The second kappa shape index (κ2) is 5.50. The first kappa shape index (κ1) is 11.7. The molecule has 0 aromatic carbocycles. The van der Waals surface area contributed by atoms with Crippen LogP contribution in [-0.4, -0.2) is 11.7 Å². The lowest BCUT2D eigenvalue weighted by Crippen LogP contribution is -2.19. The van der Waals surface area contributed by atoms with Gasteiger partial charge >= 0.3 is 0 Å². The van der Waals surface area contributed by atoms with Crippen LogP contribution in [-0.2, 0) is 4.74 Å². The van der Waals surface area contributed by atoms with E-state index >= 15 is 0 Å². The molecule has 0 radical (unpaired) electrons. The molecular formula is C12H20OS. The molecule has 2 heteroatoms. The Balaban J connectivity index is 2.31. The van der Waals surface area contributed by atoms with Crippen LogP contribution in [0.2, 0.25) is 0 Å². The minimum absolute atomic E-state index is 0.622.